The number of aliphatic carboxylic acids is 1. The van der Waals surface area contributed by atoms with Crippen LogP contribution in [0.3, 0.4) is 0 Å². The van der Waals surface area contributed by atoms with Crippen LogP contribution in [-0.2, 0) is 21.2 Å². The molecule has 9 nitrogen and oxygen atoms in total. The van der Waals surface area contributed by atoms with Gasteiger partial charge in [0.2, 0.25) is 10.0 Å². The van der Waals surface area contributed by atoms with Crippen molar-refractivity contribution in [3.05, 3.63) is 59.9 Å². The Morgan fingerprint density at radius 3 is 2.29 bits per heavy atom. The lowest BCUT2D eigenvalue weighted by Crippen LogP contribution is -2.48. The van der Waals surface area contributed by atoms with Crippen molar-refractivity contribution in [2.24, 2.45) is 0 Å². The number of carboxylic acid groups (broad SMARTS) is 1. The number of carboxylic acids is 1. The first-order valence-electron chi connectivity index (χ1n) is 11.5. The molecule has 0 aliphatic carbocycles. The van der Waals surface area contributed by atoms with Gasteiger partial charge >= 0.3 is 5.97 Å². The number of piperazine rings is 1. The van der Waals surface area contributed by atoms with Gasteiger partial charge in [-0.25, -0.2) is 13.1 Å². The molecule has 1 aliphatic rings. The number of Topliss-reactive ketones (excluding diaryl/α,β-unsaturated/α-hetero) is 1. The number of unbranched alkanes of at least 4 members (excludes halogenated alkanes) is 1. The van der Waals surface area contributed by atoms with Crippen LogP contribution in [-0.4, -0.2) is 79.7 Å². The first-order valence-corrected chi connectivity index (χ1v) is 13.1. The molecule has 1 saturated heterocycles. The summed E-state index contributed by atoms with van der Waals surface area (Å²) in [5.41, 5.74) is 2.33. The van der Waals surface area contributed by atoms with E-state index in [0.717, 1.165) is 31.9 Å². The summed E-state index contributed by atoms with van der Waals surface area (Å²) in [7, 11) is -3.66. The number of nitrogens with zero attached hydrogens (tertiary/aromatic N) is 3. The topological polar surface area (TPSA) is 120 Å². The number of carbonyl (C=O) groups excluding carboxylic acids is 1. The molecule has 0 bridgehead atoms. The van der Waals surface area contributed by atoms with E-state index in [1.807, 2.05) is 19.1 Å². The van der Waals surface area contributed by atoms with Crippen molar-refractivity contribution < 1.29 is 23.1 Å². The molecule has 184 valence electrons. The summed E-state index contributed by atoms with van der Waals surface area (Å²) >= 11 is 0. The van der Waals surface area contributed by atoms with Gasteiger partial charge in [-0.1, -0.05) is 37.6 Å². The van der Waals surface area contributed by atoms with E-state index in [1.54, 1.807) is 36.7 Å². The van der Waals surface area contributed by atoms with Crippen LogP contribution in [0.4, 0.5) is 5.69 Å². The maximum Gasteiger partial charge on any atom is 0.322 e. The van der Waals surface area contributed by atoms with Gasteiger partial charge < -0.3 is 10.0 Å². The van der Waals surface area contributed by atoms with Gasteiger partial charge in [0.05, 0.1) is 12.3 Å². The Morgan fingerprint density at radius 2 is 1.71 bits per heavy atom. The molecule has 1 aromatic heterocycles. The van der Waals surface area contributed by atoms with E-state index in [0.29, 0.717) is 30.5 Å². The van der Waals surface area contributed by atoms with Crippen molar-refractivity contribution in [1.82, 2.24) is 14.6 Å². The highest BCUT2D eigenvalue weighted by Gasteiger charge is 2.24. The molecule has 1 unspecified atom stereocenters. The molecular formula is C24H32N4O5S. The van der Waals surface area contributed by atoms with Crippen LogP contribution < -0.4 is 9.62 Å². The smallest absolute Gasteiger partial charge is 0.322 e. The summed E-state index contributed by atoms with van der Waals surface area (Å²) in [6.45, 7) is 5.42. The van der Waals surface area contributed by atoms with Crippen molar-refractivity contribution in [2.45, 2.75) is 32.2 Å². The lowest BCUT2D eigenvalue weighted by atomic mass is 10.0. The van der Waals surface area contributed by atoms with Gasteiger partial charge in [0.15, 0.2) is 5.78 Å². The van der Waals surface area contributed by atoms with E-state index in [4.69, 9.17) is 0 Å². The van der Waals surface area contributed by atoms with Gasteiger partial charge in [-0.05, 0) is 30.5 Å². The Kier molecular flexibility index (Phi) is 9.14. The molecule has 34 heavy (non-hydrogen) atoms. The average molecular weight is 489 g/mol. The SMILES string of the molecule is CCCCS(=O)(=O)NC(Cc1ccc(C(=O)CN2CCN(c3ccncc3)CC2)cc1)C(=O)O. The molecule has 2 N–H and O–H groups in total. The zero-order valence-corrected chi connectivity index (χ0v) is 20.2. The van der Waals surface area contributed by atoms with E-state index >= 15 is 0 Å². The number of hydrogen-bond acceptors (Lipinski definition) is 7. The predicted molar refractivity (Wildman–Crippen MR) is 131 cm³/mol. The average Bonchev–Trinajstić information content (AvgIpc) is 2.83. The highest BCUT2D eigenvalue weighted by Crippen LogP contribution is 2.15. The fourth-order valence-electron chi connectivity index (χ4n) is 3.87. The van der Waals surface area contributed by atoms with Gasteiger partial charge in [-0.2, -0.15) is 0 Å². The minimum atomic E-state index is -3.66. The van der Waals surface area contributed by atoms with Gasteiger partial charge in [-0.3, -0.25) is 19.5 Å². The number of pyridine rings is 1. The van der Waals surface area contributed by atoms with Crippen LogP contribution >= 0.6 is 0 Å². The number of nitrogens with one attached hydrogen (secondary N) is 1. The van der Waals surface area contributed by atoms with E-state index in [1.165, 1.54) is 0 Å². The van der Waals surface area contributed by atoms with Crippen molar-refractivity contribution >= 4 is 27.5 Å². The van der Waals surface area contributed by atoms with Crippen molar-refractivity contribution in [2.75, 3.05) is 43.4 Å². The highest BCUT2D eigenvalue weighted by atomic mass is 32.2. The second kappa shape index (κ2) is 12.0. The first kappa shape index (κ1) is 25.8. The number of benzene rings is 1. The molecule has 1 atom stereocenters. The van der Waals surface area contributed by atoms with Crippen LogP contribution in [0.5, 0.6) is 0 Å². The highest BCUT2D eigenvalue weighted by molar-refractivity contribution is 7.89. The number of aromatic nitrogens is 1. The summed E-state index contributed by atoms with van der Waals surface area (Å²) in [4.78, 5) is 32.8. The van der Waals surface area contributed by atoms with Crippen LogP contribution in [0.1, 0.15) is 35.7 Å². The Hall–Kier alpha value is -2.82. The van der Waals surface area contributed by atoms with Gasteiger partial charge in [0.1, 0.15) is 6.04 Å². The lowest BCUT2D eigenvalue weighted by molar-refractivity contribution is -0.138. The molecular weight excluding hydrogens is 456 g/mol. The third kappa shape index (κ3) is 7.61. The summed E-state index contributed by atoms with van der Waals surface area (Å²) in [5, 5.41) is 9.45. The molecule has 0 spiro atoms. The monoisotopic (exact) mass is 488 g/mol. The number of ketones is 1. The summed E-state index contributed by atoms with van der Waals surface area (Å²) in [6.07, 6.45) is 4.72. The lowest BCUT2D eigenvalue weighted by Gasteiger charge is -2.35. The molecule has 0 saturated carbocycles. The Bertz CT molecular complexity index is 1050. The van der Waals surface area contributed by atoms with E-state index in [-0.39, 0.29) is 18.0 Å². The maximum atomic E-state index is 12.7. The molecule has 3 rings (SSSR count). The predicted octanol–water partition coefficient (Wildman–Crippen LogP) is 1.80. The fourth-order valence-corrected chi connectivity index (χ4v) is 5.27. The van der Waals surface area contributed by atoms with Crippen molar-refractivity contribution in [1.29, 1.82) is 0 Å². The number of sulfonamides is 1. The largest absolute Gasteiger partial charge is 0.480 e. The molecule has 2 aromatic rings. The normalized spacial score (nSPS) is 15.7. The number of carbonyl (C=O) groups is 2. The van der Waals surface area contributed by atoms with Gasteiger partial charge in [-0.15, -0.1) is 0 Å². The quantitative estimate of drug-likeness (QED) is 0.434. The Labute approximate surface area is 200 Å². The molecule has 0 radical (unpaired) electrons. The third-order valence-corrected chi connectivity index (χ3v) is 7.34. The number of anilines is 1. The van der Waals surface area contributed by atoms with Crippen LogP contribution in [0.25, 0.3) is 0 Å². The summed E-state index contributed by atoms with van der Waals surface area (Å²) < 4.78 is 26.5. The number of rotatable bonds is 12. The van der Waals surface area contributed by atoms with Crippen molar-refractivity contribution in [3.63, 3.8) is 0 Å². The van der Waals surface area contributed by atoms with Gasteiger partial charge in [0, 0.05) is 49.8 Å². The first-order chi connectivity index (χ1) is 16.3. The molecule has 1 fully saturated rings. The molecule has 1 aromatic carbocycles. The van der Waals surface area contributed by atoms with Gasteiger partial charge in [0.25, 0.3) is 0 Å². The zero-order chi connectivity index (χ0) is 24.6. The van der Waals surface area contributed by atoms with E-state index in [2.05, 4.69) is 19.5 Å². The maximum absolute atomic E-state index is 12.7. The second-order valence-corrected chi connectivity index (χ2v) is 10.3. The molecule has 10 heteroatoms. The molecule has 0 amide bonds. The fraction of sp³-hybridized carbons (Fsp3) is 0.458. The van der Waals surface area contributed by atoms with Crippen LogP contribution in [0, 0.1) is 0 Å². The minimum absolute atomic E-state index is 0.000959. The Balaban J connectivity index is 1.52. The summed E-state index contributed by atoms with van der Waals surface area (Å²) in [6, 6.07) is 9.43. The third-order valence-electron chi connectivity index (χ3n) is 5.87. The Morgan fingerprint density at radius 1 is 1.06 bits per heavy atom. The van der Waals surface area contributed by atoms with E-state index in [9.17, 15) is 23.1 Å². The van der Waals surface area contributed by atoms with Crippen LogP contribution in [0.2, 0.25) is 0 Å². The molecule has 1 aliphatic heterocycles. The van der Waals surface area contributed by atoms with E-state index < -0.39 is 22.0 Å². The summed E-state index contributed by atoms with van der Waals surface area (Å²) in [5.74, 6) is -1.33. The van der Waals surface area contributed by atoms with Crippen molar-refractivity contribution in [3.8, 4) is 0 Å². The molecule has 2 heterocycles. The second-order valence-electron chi connectivity index (χ2n) is 8.47. The standard InChI is InChI=1S/C24H32N4O5S/c1-2-3-16-34(32,33)26-22(24(30)31)17-19-4-6-20(7-5-19)23(29)18-27-12-14-28(15-13-27)21-8-10-25-11-9-21/h4-11,22,26H,2-3,12-18H2,1H3,(H,30,31). The minimum Gasteiger partial charge on any atom is -0.480 e. The van der Waals surface area contributed by atoms with Crippen LogP contribution in [0.15, 0.2) is 48.8 Å². The zero-order valence-electron chi connectivity index (χ0n) is 19.4. The number of hydrogen-bond donors (Lipinski definition) is 2.